The highest BCUT2D eigenvalue weighted by atomic mass is 14.6. The molecule has 0 bridgehead atoms. The van der Waals surface area contributed by atoms with E-state index < -0.39 is 0 Å². The summed E-state index contributed by atoms with van der Waals surface area (Å²) in [7, 11) is 0. The van der Waals surface area contributed by atoms with Gasteiger partial charge in [-0.05, 0) is 38.5 Å². The molecule has 1 heteroatoms. The van der Waals surface area contributed by atoms with Gasteiger partial charge in [-0.25, -0.2) is 0 Å². The quantitative estimate of drug-likeness (QED) is 0.0501. The Labute approximate surface area is 313 Å². The van der Waals surface area contributed by atoms with E-state index in [1.54, 1.807) is 0 Å². The van der Waals surface area contributed by atoms with Crippen LogP contribution in [0.15, 0.2) is 12.2 Å². The van der Waals surface area contributed by atoms with E-state index in [1.165, 1.54) is 276 Å². The van der Waals surface area contributed by atoms with Crippen molar-refractivity contribution in [1.82, 2.24) is 0 Å². The lowest BCUT2D eigenvalue weighted by molar-refractivity contribution is 0.480. The summed E-state index contributed by atoms with van der Waals surface area (Å²) in [5.74, 6) is 0. The first-order chi connectivity index (χ1) is 24.3. The van der Waals surface area contributed by atoms with Crippen molar-refractivity contribution in [3.8, 4) is 0 Å². The zero-order valence-electron chi connectivity index (χ0n) is 34.7. The van der Waals surface area contributed by atoms with Crippen LogP contribution in [0.1, 0.15) is 290 Å². The smallest absolute Gasteiger partial charge is 0.00388 e. The van der Waals surface area contributed by atoms with Gasteiger partial charge in [-0.15, -0.1) is 0 Å². The standard InChI is InChI=1S/C48H97N/c1-3-5-7-9-11-13-15-17-19-20-21-22-23-24-25-26-27-28-29-30-31-33-35-37-39-41-43-45-47-48(49)46-44-42-40-38-36-34-32-18-16-14-12-10-8-6-4-2/h18,32,48H,3-17,19-31,33-47,49H2,1-2H3/b32-18-. The van der Waals surface area contributed by atoms with Crippen LogP contribution in [0.4, 0.5) is 0 Å². The van der Waals surface area contributed by atoms with Crippen molar-refractivity contribution in [1.29, 1.82) is 0 Å². The third-order valence-corrected chi connectivity index (χ3v) is 11.3. The average molecular weight is 688 g/mol. The lowest BCUT2D eigenvalue weighted by atomic mass is 10.00. The van der Waals surface area contributed by atoms with E-state index in [1.807, 2.05) is 0 Å². The second kappa shape index (κ2) is 45.7. The van der Waals surface area contributed by atoms with Crippen LogP contribution in [0, 0.1) is 0 Å². The Kier molecular flexibility index (Phi) is 45.4. The van der Waals surface area contributed by atoms with E-state index in [-0.39, 0.29) is 0 Å². The molecule has 1 nitrogen and oxygen atoms in total. The first kappa shape index (κ1) is 48.7. The maximum absolute atomic E-state index is 6.43. The fraction of sp³-hybridized carbons (Fsp3) is 0.958. The molecule has 0 saturated carbocycles. The molecule has 1 unspecified atom stereocenters. The molecule has 1 atom stereocenters. The molecule has 0 aliphatic carbocycles. The summed E-state index contributed by atoms with van der Waals surface area (Å²) < 4.78 is 0. The number of hydrogen-bond acceptors (Lipinski definition) is 1. The van der Waals surface area contributed by atoms with Crippen molar-refractivity contribution in [2.45, 2.75) is 296 Å². The van der Waals surface area contributed by atoms with Crippen LogP contribution in [0.3, 0.4) is 0 Å². The average Bonchev–Trinajstić information content (AvgIpc) is 3.11. The van der Waals surface area contributed by atoms with Crippen molar-refractivity contribution in [3.63, 3.8) is 0 Å². The number of allylic oxidation sites excluding steroid dienone is 2. The number of rotatable bonds is 44. The molecule has 0 saturated heterocycles. The zero-order chi connectivity index (χ0) is 35.4. The summed E-state index contributed by atoms with van der Waals surface area (Å²) >= 11 is 0. The van der Waals surface area contributed by atoms with Crippen LogP contribution < -0.4 is 5.73 Å². The summed E-state index contributed by atoms with van der Waals surface area (Å²) in [4.78, 5) is 0. The topological polar surface area (TPSA) is 26.0 Å². The minimum Gasteiger partial charge on any atom is -0.328 e. The molecule has 0 radical (unpaired) electrons. The van der Waals surface area contributed by atoms with E-state index in [4.69, 9.17) is 5.73 Å². The SMILES string of the molecule is CCCCCCCC/C=C\CCCCCCCC(N)CCCCCCCCCCCCCCCCCCCCCCCCCCCCCC. The largest absolute Gasteiger partial charge is 0.328 e. The van der Waals surface area contributed by atoms with Crippen LogP contribution >= 0.6 is 0 Å². The summed E-state index contributed by atoms with van der Waals surface area (Å²) in [6, 6.07) is 0.453. The Morgan fingerprint density at radius 3 is 0.673 bits per heavy atom. The second-order valence-corrected chi connectivity index (χ2v) is 16.5. The molecule has 0 aromatic heterocycles. The third kappa shape index (κ3) is 45.7. The first-order valence-corrected chi connectivity index (χ1v) is 23.7. The fourth-order valence-corrected chi connectivity index (χ4v) is 7.70. The van der Waals surface area contributed by atoms with Gasteiger partial charge < -0.3 is 5.73 Å². The first-order valence-electron chi connectivity index (χ1n) is 23.7. The number of nitrogens with two attached hydrogens (primary N) is 1. The van der Waals surface area contributed by atoms with Gasteiger partial charge >= 0.3 is 0 Å². The van der Waals surface area contributed by atoms with Crippen molar-refractivity contribution >= 4 is 0 Å². The molecule has 0 aromatic rings. The molecule has 0 aliphatic rings. The Balaban J connectivity index is 3.15. The molecule has 49 heavy (non-hydrogen) atoms. The Morgan fingerprint density at radius 1 is 0.265 bits per heavy atom. The highest BCUT2D eigenvalue weighted by Crippen LogP contribution is 2.17. The van der Waals surface area contributed by atoms with Crippen molar-refractivity contribution in [2.75, 3.05) is 0 Å². The number of unbranched alkanes of at least 4 members (excludes halogenated alkanes) is 38. The van der Waals surface area contributed by atoms with Crippen LogP contribution in [0.2, 0.25) is 0 Å². The molecule has 0 aliphatic heterocycles. The Morgan fingerprint density at radius 2 is 0.449 bits per heavy atom. The van der Waals surface area contributed by atoms with Gasteiger partial charge in [-0.1, -0.05) is 264 Å². The van der Waals surface area contributed by atoms with Crippen molar-refractivity contribution < 1.29 is 0 Å². The van der Waals surface area contributed by atoms with Crippen molar-refractivity contribution in [2.24, 2.45) is 5.73 Å². The summed E-state index contributed by atoms with van der Waals surface area (Å²) in [6.07, 6.45) is 66.4. The maximum atomic E-state index is 6.43. The maximum Gasteiger partial charge on any atom is 0.00388 e. The molecular weight excluding hydrogens is 591 g/mol. The minimum atomic E-state index is 0.453. The van der Waals surface area contributed by atoms with Gasteiger partial charge in [0.1, 0.15) is 0 Å². The van der Waals surface area contributed by atoms with Crippen LogP contribution in [0.25, 0.3) is 0 Å². The monoisotopic (exact) mass is 688 g/mol. The Hall–Kier alpha value is -0.300. The summed E-state index contributed by atoms with van der Waals surface area (Å²) in [5.41, 5.74) is 6.43. The van der Waals surface area contributed by atoms with E-state index >= 15 is 0 Å². The normalized spacial score (nSPS) is 12.5. The lowest BCUT2D eigenvalue weighted by Crippen LogP contribution is -2.19. The zero-order valence-corrected chi connectivity index (χ0v) is 34.7. The highest BCUT2D eigenvalue weighted by molar-refractivity contribution is 4.81. The predicted molar refractivity (Wildman–Crippen MR) is 227 cm³/mol. The molecule has 0 amide bonds. The molecule has 294 valence electrons. The second-order valence-electron chi connectivity index (χ2n) is 16.5. The lowest BCUT2D eigenvalue weighted by Gasteiger charge is -2.11. The van der Waals surface area contributed by atoms with Crippen LogP contribution in [-0.2, 0) is 0 Å². The summed E-state index contributed by atoms with van der Waals surface area (Å²) in [6.45, 7) is 4.61. The summed E-state index contributed by atoms with van der Waals surface area (Å²) in [5, 5.41) is 0. The van der Waals surface area contributed by atoms with E-state index in [0.717, 1.165) is 0 Å². The highest BCUT2D eigenvalue weighted by Gasteiger charge is 2.03. The van der Waals surface area contributed by atoms with Gasteiger partial charge in [-0.2, -0.15) is 0 Å². The van der Waals surface area contributed by atoms with E-state index in [9.17, 15) is 0 Å². The van der Waals surface area contributed by atoms with Gasteiger partial charge in [0.25, 0.3) is 0 Å². The van der Waals surface area contributed by atoms with Gasteiger partial charge in [0.05, 0.1) is 0 Å². The van der Waals surface area contributed by atoms with Crippen LogP contribution in [0.5, 0.6) is 0 Å². The minimum absolute atomic E-state index is 0.453. The molecule has 2 N–H and O–H groups in total. The van der Waals surface area contributed by atoms with E-state index in [2.05, 4.69) is 26.0 Å². The number of hydrogen-bond donors (Lipinski definition) is 1. The van der Waals surface area contributed by atoms with Gasteiger partial charge in [-0.3, -0.25) is 0 Å². The third-order valence-electron chi connectivity index (χ3n) is 11.3. The molecule has 0 aromatic carbocycles. The Bertz CT molecular complexity index is 582. The van der Waals surface area contributed by atoms with E-state index in [0.29, 0.717) is 6.04 Å². The predicted octanol–water partition coefficient (Wildman–Crippen LogP) is 17.7. The fourth-order valence-electron chi connectivity index (χ4n) is 7.70. The van der Waals surface area contributed by atoms with Crippen molar-refractivity contribution in [3.05, 3.63) is 12.2 Å². The van der Waals surface area contributed by atoms with Gasteiger partial charge in [0, 0.05) is 6.04 Å². The van der Waals surface area contributed by atoms with Gasteiger partial charge in [0.15, 0.2) is 0 Å². The molecule has 0 fully saturated rings. The molecular formula is C48H97N. The van der Waals surface area contributed by atoms with Crippen LogP contribution in [-0.4, -0.2) is 6.04 Å². The van der Waals surface area contributed by atoms with Gasteiger partial charge in [0.2, 0.25) is 0 Å². The molecule has 0 heterocycles. The molecule has 0 spiro atoms. The molecule has 0 rings (SSSR count).